The van der Waals surface area contributed by atoms with Gasteiger partial charge in [-0.2, -0.15) is 0 Å². The molecule has 2 atom stereocenters. The highest BCUT2D eigenvalue weighted by atomic mass is 16.5. The molecular weight excluding hydrogens is 450 g/mol. The maximum Gasteiger partial charge on any atom is 0.122 e. The van der Waals surface area contributed by atoms with E-state index in [1.165, 1.54) is 0 Å². The number of nitrogens with zero attached hydrogens (tertiary/aromatic N) is 1. The first kappa shape index (κ1) is 27.7. The van der Waals surface area contributed by atoms with Crippen LogP contribution in [-0.4, -0.2) is 53.6 Å². The first-order chi connectivity index (χ1) is 17.3. The number of aliphatic hydroxyl groups excluding tert-OH is 2. The van der Waals surface area contributed by atoms with E-state index in [-0.39, 0.29) is 13.2 Å². The molecule has 36 heavy (non-hydrogen) atoms. The summed E-state index contributed by atoms with van der Waals surface area (Å²) in [6, 6.07) is 26.0. The van der Waals surface area contributed by atoms with Gasteiger partial charge in [-0.25, -0.2) is 0 Å². The molecule has 3 aromatic carbocycles. The minimum Gasteiger partial charge on any atom is -0.491 e. The third kappa shape index (κ3) is 8.66. The van der Waals surface area contributed by atoms with Crippen molar-refractivity contribution in [2.24, 2.45) is 0 Å². The Morgan fingerprint density at radius 3 is 1.47 bits per heavy atom. The van der Waals surface area contributed by atoms with Crippen LogP contribution in [0.4, 0.5) is 0 Å². The second-order valence-corrected chi connectivity index (χ2v) is 9.99. The van der Waals surface area contributed by atoms with Crippen LogP contribution >= 0.6 is 0 Å². The Balaban J connectivity index is 1.61. The summed E-state index contributed by atoms with van der Waals surface area (Å²) in [5.74, 6) is 2.28. The van der Waals surface area contributed by atoms with E-state index in [1.54, 1.807) is 0 Å². The van der Waals surface area contributed by atoms with Crippen LogP contribution in [-0.2, 0) is 6.54 Å². The molecule has 3 aromatic rings. The summed E-state index contributed by atoms with van der Waals surface area (Å²) >= 11 is 0. The fourth-order valence-corrected chi connectivity index (χ4v) is 4.30. The molecule has 194 valence electrons. The number of benzene rings is 3. The minimum absolute atomic E-state index is 0.184. The molecule has 0 fully saturated rings. The SMILES string of the molecule is CC(C)c1ccccc1OCC(O)CN(Cc1ccccc1)CC(O)COc1ccccc1C(C)C. The van der Waals surface area contributed by atoms with Crippen LogP contribution in [0.5, 0.6) is 11.5 Å². The molecule has 0 saturated carbocycles. The molecule has 0 aromatic heterocycles. The predicted molar refractivity (Wildman–Crippen MR) is 146 cm³/mol. The van der Waals surface area contributed by atoms with Gasteiger partial charge in [0.25, 0.3) is 0 Å². The van der Waals surface area contributed by atoms with Gasteiger partial charge in [-0.1, -0.05) is 94.4 Å². The van der Waals surface area contributed by atoms with Gasteiger partial charge in [0.2, 0.25) is 0 Å². The van der Waals surface area contributed by atoms with E-state index in [9.17, 15) is 10.2 Å². The van der Waals surface area contributed by atoms with Crippen molar-refractivity contribution >= 4 is 0 Å². The van der Waals surface area contributed by atoms with Crippen LogP contribution in [0.15, 0.2) is 78.9 Å². The highest BCUT2D eigenvalue weighted by Crippen LogP contribution is 2.27. The van der Waals surface area contributed by atoms with Gasteiger partial charge < -0.3 is 19.7 Å². The van der Waals surface area contributed by atoms with E-state index in [1.807, 2.05) is 54.6 Å². The lowest BCUT2D eigenvalue weighted by atomic mass is 10.0. The van der Waals surface area contributed by atoms with Crippen LogP contribution in [0.3, 0.4) is 0 Å². The normalized spacial score (nSPS) is 13.2. The monoisotopic (exact) mass is 491 g/mol. The number of para-hydroxylation sites is 2. The molecule has 0 amide bonds. The van der Waals surface area contributed by atoms with E-state index in [0.717, 1.165) is 28.2 Å². The van der Waals surface area contributed by atoms with Gasteiger partial charge in [0, 0.05) is 19.6 Å². The molecule has 0 saturated heterocycles. The first-order valence-corrected chi connectivity index (χ1v) is 12.9. The van der Waals surface area contributed by atoms with Crippen molar-refractivity contribution in [1.29, 1.82) is 0 Å². The molecule has 0 heterocycles. The van der Waals surface area contributed by atoms with Crippen molar-refractivity contribution in [2.75, 3.05) is 26.3 Å². The van der Waals surface area contributed by atoms with Crippen molar-refractivity contribution in [3.05, 3.63) is 95.6 Å². The largest absolute Gasteiger partial charge is 0.491 e. The second-order valence-electron chi connectivity index (χ2n) is 9.99. The van der Waals surface area contributed by atoms with Crippen LogP contribution in [0.1, 0.15) is 56.2 Å². The molecule has 0 spiro atoms. The molecule has 0 radical (unpaired) electrons. The summed E-state index contributed by atoms with van der Waals surface area (Å²) in [6.07, 6.45) is -1.41. The Hall–Kier alpha value is -2.86. The topological polar surface area (TPSA) is 62.2 Å². The zero-order valence-electron chi connectivity index (χ0n) is 22.0. The average molecular weight is 492 g/mol. The number of hydrogen-bond acceptors (Lipinski definition) is 5. The van der Waals surface area contributed by atoms with E-state index in [0.29, 0.717) is 31.5 Å². The molecule has 0 bridgehead atoms. The Labute approximate surface area is 216 Å². The van der Waals surface area contributed by atoms with Crippen molar-refractivity contribution in [3.63, 3.8) is 0 Å². The molecule has 0 aliphatic heterocycles. The second kappa shape index (κ2) is 14.0. The summed E-state index contributed by atoms with van der Waals surface area (Å²) in [7, 11) is 0. The molecule has 3 rings (SSSR count). The summed E-state index contributed by atoms with van der Waals surface area (Å²) < 4.78 is 12.0. The van der Waals surface area contributed by atoms with Crippen LogP contribution in [0.25, 0.3) is 0 Å². The van der Waals surface area contributed by atoms with Gasteiger partial charge >= 0.3 is 0 Å². The third-order valence-electron chi connectivity index (χ3n) is 6.13. The molecule has 0 aliphatic carbocycles. The zero-order valence-corrected chi connectivity index (χ0v) is 22.0. The fraction of sp³-hybridized carbons (Fsp3) is 0.419. The standard InChI is InChI=1S/C31H41NO4/c1-23(2)28-14-8-10-16-30(28)35-21-26(33)19-32(18-25-12-6-5-7-13-25)20-27(34)22-36-31-17-11-9-15-29(31)24(3)4/h5-17,23-24,26-27,33-34H,18-22H2,1-4H3. The minimum atomic E-state index is -0.705. The van der Waals surface area contributed by atoms with Crippen LogP contribution in [0, 0.1) is 0 Å². The van der Waals surface area contributed by atoms with Crippen molar-refractivity contribution < 1.29 is 19.7 Å². The van der Waals surface area contributed by atoms with Gasteiger partial charge in [-0.05, 0) is 40.7 Å². The Bertz CT molecular complexity index is 974. The summed E-state index contributed by atoms with van der Waals surface area (Å²) in [4.78, 5) is 2.06. The lowest BCUT2D eigenvalue weighted by Gasteiger charge is -2.28. The van der Waals surface area contributed by atoms with Crippen molar-refractivity contribution in [2.45, 2.75) is 58.3 Å². The highest BCUT2D eigenvalue weighted by molar-refractivity contribution is 5.36. The first-order valence-electron chi connectivity index (χ1n) is 12.9. The Morgan fingerprint density at radius 2 is 1.03 bits per heavy atom. The highest BCUT2D eigenvalue weighted by Gasteiger charge is 2.19. The van der Waals surface area contributed by atoms with Crippen molar-refractivity contribution in [1.82, 2.24) is 4.90 Å². The number of hydrogen-bond donors (Lipinski definition) is 2. The molecule has 0 aliphatic rings. The average Bonchev–Trinajstić information content (AvgIpc) is 2.87. The molecule has 2 N–H and O–H groups in total. The van der Waals surface area contributed by atoms with Gasteiger partial charge in [0.1, 0.15) is 36.9 Å². The summed E-state index contributed by atoms with van der Waals surface area (Å²) in [5, 5.41) is 21.7. The van der Waals surface area contributed by atoms with E-state index < -0.39 is 12.2 Å². The quantitative estimate of drug-likeness (QED) is 0.307. The lowest BCUT2D eigenvalue weighted by Crippen LogP contribution is -2.41. The number of aliphatic hydroxyl groups is 2. The van der Waals surface area contributed by atoms with E-state index in [2.05, 4.69) is 56.9 Å². The number of rotatable bonds is 14. The predicted octanol–water partition coefficient (Wildman–Crippen LogP) is 5.62. The van der Waals surface area contributed by atoms with Gasteiger partial charge in [-0.15, -0.1) is 0 Å². The molecule has 5 heteroatoms. The molecule has 5 nitrogen and oxygen atoms in total. The lowest BCUT2D eigenvalue weighted by molar-refractivity contribution is 0.0279. The molecule has 2 unspecified atom stereocenters. The third-order valence-corrected chi connectivity index (χ3v) is 6.13. The number of ether oxygens (including phenoxy) is 2. The van der Waals surface area contributed by atoms with Gasteiger partial charge in [-0.3, -0.25) is 4.90 Å². The zero-order chi connectivity index (χ0) is 25.9. The summed E-state index contributed by atoms with van der Waals surface area (Å²) in [6.45, 7) is 10.2. The van der Waals surface area contributed by atoms with Gasteiger partial charge in [0.15, 0.2) is 0 Å². The van der Waals surface area contributed by atoms with Crippen molar-refractivity contribution in [3.8, 4) is 11.5 Å². The maximum absolute atomic E-state index is 10.8. The fourth-order valence-electron chi connectivity index (χ4n) is 4.30. The van der Waals surface area contributed by atoms with E-state index in [4.69, 9.17) is 9.47 Å². The van der Waals surface area contributed by atoms with Crippen LogP contribution < -0.4 is 9.47 Å². The molecular formula is C31H41NO4. The Kier molecular flexibility index (Phi) is 10.8. The van der Waals surface area contributed by atoms with Crippen LogP contribution in [0.2, 0.25) is 0 Å². The van der Waals surface area contributed by atoms with E-state index >= 15 is 0 Å². The smallest absolute Gasteiger partial charge is 0.122 e. The maximum atomic E-state index is 10.8. The summed E-state index contributed by atoms with van der Waals surface area (Å²) in [5.41, 5.74) is 3.37. The van der Waals surface area contributed by atoms with Gasteiger partial charge in [0.05, 0.1) is 0 Å². The Morgan fingerprint density at radius 1 is 0.611 bits per heavy atom.